The number of carbonyl (C=O) groups excluding carboxylic acids is 1. The van der Waals surface area contributed by atoms with E-state index in [1.54, 1.807) is 11.3 Å². The fraction of sp³-hybridized carbons (Fsp3) is 0.357. The molecule has 0 aromatic carbocycles. The van der Waals surface area contributed by atoms with Crippen molar-refractivity contribution < 1.29 is 4.79 Å². The van der Waals surface area contributed by atoms with Crippen molar-refractivity contribution in [2.75, 3.05) is 20.1 Å². The van der Waals surface area contributed by atoms with Crippen LogP contribution in [0.3, 0.4) is 0 Å². The van der Waals surface area contributed by atoms with Crippen LogP contribution in [0.2, 0.25) is 0 Å². The molecule has 0 fully saturated rings. The molecular weight excluding hydrogens is 258 g/mol. The summed E-state index contributed by atoms with van der Waals surface area (Å²) < 4.78 is 1.99. The van der Waals surface area contributed by atoms with E-state index < -0.39 is 0 Å². The Morgan fingerprint density at radius 1 is 1.32 bits per heavy atom. The second-order valence-corrected chi connectivity index (χ2v) is 5.35. The molecule has 0 unspecified atom stereocenters. The number of hydrogen-bond acceptors (Lipinski definition) is 3. The van der Waals surface area contributed by atoms with Crippen LogP contribution in [0.1, 0.15) is 21.8 Å². The lowest BCUT2D eigenvalue weighted by molar-refractivity contribution is 0.0944. The molecule has 0 bridgehead atoms. The highest BCUT2D eigenvalue weighted by Crippen LogP contribution is 2.12. The normalized spacial score (nSPS) is 10.6. The summed E-state index contributed by atoms with van der Waals surface area (Å²) in [6.07, 6.45) is 2.89. The van der Waals surface area contributed by atoms with E-state index in [1.165, 1.54) is 4.88 Å². The third kappa shape index (κ3) is 3.94. The lowest BCUT2D eigenvalue weighted by Gasteiger charge is -2.09. The predicted octanol–water partition coefficient (Wildman–Crippen LogP) is 1.94. The number of amides is 1. The summed E-state index contributed by atoms with van der Waals surface area (Å²) in [5.74, 6) is -0.00217. The fourth-order valence-corrected chi connectivity index (χ4v) is 2.59. The first-order valence-corrected chi connectivity index (χ1v) is 7.29. The molecule has 2 heterocycles. The Morgan fingerprint density at radius 3 is 2.95 bits per heavy atom. The fourth-order valence-electron chi connectivity index (χ4n) is 1.89. The van der Waals surface area contributed by atoms with Crippen molar-refractivity contribution in [3.05, 3.63) is 46.4 Å². The standard InChI is InChI=1S/C14H19N3OS/c1-15-7-4-8-16-14(18)13-6-2-9-17(13)11-12-5-3-10-19-12/h2-3,5-6,9-10,15H,4,7-8,11H2,1H3,(H,16,18). The zero-order valence-corrected chi connectivity index (χ0v) is 11.9. The Kier molecular flexibility index (Phi) is 5.18. The topological polar surface area (TPSA) is 46.1 Å². The number of hydrogen-bond donors (Lipinski definition) is 2. The van der Waals surface area contributed by atoms with E-state index in [0.29, 0.717) is 6.54 Å². The zero-order valence-electron chi connectivity index (χ0n) is 11.1. The predicted molar refractivity (Wildman–Crippen MR) is 78.7 cm³/mol. The van der Waals surface area contributed by atoms with Crippen LogP contribution in [0.15, 0.2) is 35.8 Å². The van der Waals surface area contributed by atoms with E-state index in [-0.39, 0.29) is 5.91 Å². The van der Waals surface area contributed by atoms with Gasteiger partial charge in [-0.15, -0.1) is 11.3 Å². The molecule has 2 aromatic heterocycles. The molecule has 1 amide bonds. The Morgan fingerprint density at radius 2 is 2.21 bits per heavy atom. The van der Waals surface area contributed by atoms with Gasteiger partial charge in [0.1, 0.15) is 5.69 Å². The Bertz CT molecular complexity index is 505. The number of aromatic nitrogens is 1. The van der Waals surface area contributed by atoms with E-state index in [9.17, 15) is 4.79 Å². The smallest absolute Gasteiger partial charge is 0.267 e. The molecule has 0 aliphatic rings. The van der Waals surface area contributed by atoms with E-state index in [1.807, 2.05) is 36.0 Å². The van der Waals surface area contributed by atoms with Gasteiger partial charge in [0.15, 0.2) is 0 Å². The summed E-state index contributed by atoms with van der Waals surface area (Å²) in [6, 6.07) is 7.89. The second-order valence-electron chi connectivity index (χ2n) is 4.31. The van der Waals surface area contributed by atoms with Gasteiger partial charge in [-0.25, -0.2) is 0 Å². The minimum absolute atomic E-state index is 0.00217. The average molecular weight is 277 g/mol. The molecule has 0 atom stereocenters. The highest BCUT2D eigenvalue weighted by molar-refractivity contribution is 7.09. The van der Waals surface area contributed by atoms with E-state index in [0.717, 1.165) is 25.2 Å². The molecule has 2 rings (SSSR count). The SMILES string of the molecule is CNCCCNC(=O)c1cccn1Cc1cccs1. The van der Waals surface area contributed by atoms with Gasteiger partial charge in [-0.1, -0.05) is 6.07 Å². The average Bonchev–Trinajstić information content (AvgIpc) is 3.06. The molecule has 4 nitrogen and oxygen atoms in total. The molecular formula is C14H19N3OS. The van der Waals surface area contributed by atoms with Crippen LogP contribution in [0, 0.1) is 0 Å². The van der Waals surface area contributed by atoms with Crippen LogP contribution in [-0.4, -0.2) is 30.6 Å². The maximum atomic E-state index is 12.1. The van der Waals surface area contributed by atoms with Crippen LogP contribution >= 0.6 is 11.3 Å². The molecule has 19 heavy (non-hydrogen) atoms. The first kappa shape index (κ1) is 13.8. The first-order chi connectivity index (χ1) is 9.31. The van der Waals surface area contributed by atoms with Crippen LogP contribution in [-0.2, 0) is 6.54 Å². The molecule has 0 spiro atoms. The van der Waals surface area contributed by atoms with Gasteiger partial charge in [-0.05, 0) is 43.6 Å². The maximum absolute atomic E-state index is 12.1. The monoisotopic (exact) mass is 277 g/mol. The number of rotatable bonds is 7. The number of thiophene rings is 1. The third-order valence-electron chi connectivity index (χ3n) is 2.86. The summed E-state index contributed by atoms with van der Waals surface area (Å²) >= 11 is 1.71. The van der Waals surface area contributed by atoms with Gasteiger partial charge in [0.2, 0.25) is 0 Å². The van der Waals surface area contributed by atoms with Gasteiger partial charge in [0.05, 0.1) is 6.54 Å². The molecule has 2 N–H and O–H groups in total. The van der Waals surface area contributed by atoms with Gasteiger partial charge >= 0.3 is 0 Å². The second kappa shape index (κ2) is 7.11. The molecule has 102 valence electrons. The van der Waals surface area contributed by atoms with Crippen molar-refractivity contribution in [1.82, 2.24) is 15.2 Å². The van der Waals surface area contributed by atoms with Gasteiger partial charge in [-0.3, -0.25) is 4.79 Å². The van der Waals surface area contributed by atoms with Crippen molar-refractivity contribution in [3.8, 4) is 0 Å². The van der Waals surface area contributed by atoms with Crippen LogP contribution in [0.4, 0.5) is 0 Å². The van der Waals surface area contributed by atoms with Crippen molar-refractivity contribution in [2.24, 2.45) is 0 Å². The molecule has 0 aliphatic heterocycles. The zero-order chi connectivity index (χ0) is 13.5. The Labute approximate surface area is 117 Å². The van der Waals surface area contributed by atoms with Crippen molar-refractivity contribution in [1.29, 1.82) is 0 Å². The van der Waals surface area contributed by atoms with E-state index in [2.05, 4.69) is 22.1 Å². The van der Waals surface area contributed by atoms with Crippen LogP contribution < -0.4 is 10.6 Å². The quantitative estimate of drug-likeness (QED) is 0.760. The van der Waals surface area contributed by atoms with Crippen LogP contribution in [0.25, 0.3) is 0 Å². The minimum atomic E-state index is -0.00217. The summed E-state index contributed by atoms with van der Waals surface area (Å²) in [5.41, 5.74) is 0.720. The third-order valence-corrected chi connectivity index (χ3v) is 3.72. The summed E-state index contributed by atoms with van der Waals surface area (Å²) in [6.45, 7) is 2.37. The molecule has 2 aromatic rings. The van der Waals surface area contributed by atoms with Crippen molar-refractivity contribution in [3.63, 3.8) is 0 Å². The highest BCUT2D eigenvalue weighted by Gasteiger charge is 2.10. The minimum Gasteiger partial charge on any atom is -0.351 e. The molecule has 5 heteroatoms. The lowest BCUT2D eigenvalue weighted by Crippen LogP contribution is -2.28. The van der Waals surface area contributed by atoms with E-state index >= 15 is 0 Å². The largest absolute Gasteiger partial charge is 0.351 e. The molecule has 0 aliphatic carbocycles. The van der Waals surface area contributed by atoms with Gasteiger partial charge in [0, 0.05) is 17.6 Å². The van der Waals surface area contributed by atoms with Gasteiger partial charge in [0.25, 0.3) is 5.91 Å². The van der Waals surface area contributed by atoms with Gasteiger partial charge in [-0.2, -0.15) is 0 Å². The number of carbonyl (C=O) groups is 1. The summed E-state index contributed by atoms with van der Waals surface area (Å²) in [7, 11) is 1.91. The van der Waals surface area contributed by atoms with Crippen molar-refractivity contribution >= 4 is 17.2 Å². The summed E-state index contributed by atoms with van der Waals surface area (Å²) in [4.78, 5) is 13.3. The van der Waals surface area contributed by atoms with Crippen molar-refractivity contribution in [2.45, 2.75) is 13.0 Å². The maximum Gasteiger partial charge on any atom is 0.267 e. The lowest BCUT2D eigenvalue weighted by atomic mass is 10.3. The Balaban J connectivity index is 1.93. The Hall–Kier alpha value is -1.59. The molecule has 0 saturated carbocycles. The molecule has 0 saturated heterocycles. The van der Waals surface area contributed by atoms with E-state index in [4.69, 9.17) is 0 Å². The number of nitrogens with one attached hydrogen (secondary N) is 2. The summed E-state index contributed by atoms with van der Waals surface area (Å²) in [5, 5.41) is 8.06. The first-order valence-electron chi connectivity index (χ1n) is 6.41. The van der Waals surface area contributed by atoms with Crippen LogP contribution in [0.5, 0.6) is 0 Å². The molecule has 0 radical (unpaired) electrons. The van der Waals surface area contributed by atoms with Gasteiger partial charge < -0.3 is 15.2 Å². The highest BCUT2D eigenvalue weighted by atomic mass is 32.1. The number of nitrogens with zero attached hydrogens (tertiary/aromatic N) is 1.